The van der Waals surface area contributed by atoms with Crippen molar-refractivity contribution in [3.05, 3.63) is 29.6 Å². The predicted octanol–water partition coefficient (Wildman–Crippen LogP) is 0.193. The average molecular weight is 374 g/mol. The summed E-state index contributed by atoms with van der Waals surface area (Å²) in [6, 6.07) is 1.68. The number of halogens is 3. The second-order valence-electron chi connectivity index (χ2n) is 6.64. The summed E-state index contributed by atoms with van der Waals surface area (Å²) in [7, 11) is 1.65. The van der Waals surface area contributed by atoms with E-state index in [1.807, 2.05) is 13.8 Å². The highest BCUT2D eigenvalue weighted by Crippen LogP contribution is 2.19. The minimum absolute atomic E-state index is 0.0531. The Kier molecular flexibility index (Phi) is 6.60. The van der Waals surface area contributed by atoms with Crippen LogP contribution in [0.2, 0.25) is 0 Å². The third-order valence-electron chi connectivity index (χ3n) is 4.00. The van der Waals surface area contributed by atoms with Gasteiger partial charge >= 0.3 is 0 Å². The molecule has 3 atom stereocenters. The normalized spacial score (nSPS) is 21.4. The van der Waals surface area contributed by atoms with Crippen LogP contribution in [0.3, 0.4) is 0 Å². The number of amides is 2. The third-order valence-corrected chi connectivity index (χ3v) is 4.00. The van der Waals surface area contributed by atoms with E-state index in [1.165, 1.54) is 0 Å². The molecule has 144 valence electrons. The molecule has 2 N–H and O–H groups in total. The maximum atomic E-state index is 13.6. The van der Waals surface area contributed by atoms with Crippen LogP contribution in [-0.2, 0) is 14.3 Å². The number of benzene rings is 1. The SMILES string of the molecule is C[C@@H]1CN(C(=O)C[NH+](C)CC(=O)Nc2ccc(F)c(F)c2F)C[C@H](C)O1. The molecule has 0 bridgehead atoms. The molecular weight excluding hydrogens is 351 g/mol. The first-order valence-corrected chi connectivity index (χ1v) is 8.35. The van der Waals surface area contributed by atoms with Crippen molar-refractivity contribution >= 4 is 17.5 Å². The zero-order chi connectivity index (χ0) is 19.4. The van der Waals surface area contributed by atoms with Crippen LogP contribution in [0.4, 0.5) is 18.9 Å². The maximum Gasteiger partial charge on any atom is 0.279 e. The molecule has 2 rings (SSSR count). The van der Waals surface area contributed by atoms with E-state index in [2.05, 4.69) is 5.32 Å². The van der Waals surface area contributed by atoms with Crippen molar-refractivity contribution < 1.29 is 32.4 Å². The topological polar surface area (TPSA) is 63.1 Å². The molecule has 2 amide bonds. The number of nitrogens with zero attached hydrogens (tertiary/aromatic N) is 1. The van der Waals surface area contributed by atoms with E-state index in [0.717, 1.165) is 12.1 Å². The van der Waals surface area contributed by atoms with Crippen LogP contribution in [-0.4, -0.2) is 62.1 Å². The van der Waals surface area contributed by atoms with Crippen LogP contribution < -0.4 is 10.2 Å². The van der Waals surface area contributed by atoms with Crippen molar-refractivity contribution in [2.45, 2.75) is 26.1 Å². The van der Waals surface area contributed by atoms with Gasteiger partial charge in [0.15, 0.2) is 30.5 Å². The number of likely N-dealkylation sites (N-methyl/N-ethyl adjacent to an activating group) is 1. The quantitative estimate of drug-likeness (QED) is 0.724. The molecule has 1 aromatic rings. The fourth-order valence-corrected chi connectivity index (χ4v) is 2.90. The van der Waals surface area contributed by atoms with Crippen LogP contribution in [0.15, 0.2) is 12.1 Å². The van der Waals surface area contributed by atoms with Crippen LogP contribution in [0.5, 0.6) is 0 Å². The highest BCUT2D eigenvalue weighted by Gasteiger charge is 2.28. The van der Waals surface area contributed by atoms with Gasteiger partial charge in [0.2, 0.25) is 0 Å². The lowest BCUT2D eigenvalue weighted by Gasteiger charge is -2.35. The largest absolute Gasteiger partial charge is 0.372 e. The molecule has 1 aliphatic heterocycles. The van der Waals surface area contributed by atoms with Crippen molar-refractivity contribution in [2.24, 2.45) is 0 Å². The lowest BCUT2D eigenvalue weighted by Crippen LogP contribution is -3.11. The van der Waals surface area contributed by atoms with Crippen LogP contribution in [0, 0.1) is 17.5 Å². The second kappa shape index (κ2) is 8.50. The molecule has 1 aliphatic rings. The lowest BCUT2D eigenvalue weighted by atomic mass is 10.2. The molecule has 0 saturated carbocycles. The average Bonchev–Trinajstić information content (AvgIpc) is 2.54. The summed E-state index contributed by atoms with van der Waals surface area (Å²) in [5.41, 5.74) is -0.441. The van der Waals surface area contributed by atoms with Gasteiger partial charge in [-0.2, -0.15) is 0 Å². The minimum Gasteiger partial charge on any atom is -0.372 e. The first kappa shape index (κ1) is 20.2. The molecular formula is C17H23F3N3O3+. The van der Waals surface area contributed by atoms with Crippen molar-refractivity contribution in [1.82, 2.24) is 4.90 Å². The fraction of sp³-hybridized carbons (Fsp3) is 0.529. The molecule has 9 heteroatoms. The number of quaternary nitrogens is 1. The Hall–Kier alpha value is -2.13. The highest BCUT2D eigenvalue weighted by molar-refractivity contribution is 5.91. The predicted molar refractivity (Wildman–Crippen MR) is 88.2 cm³/mol. The van der Waals surface area contributed by atoms with Gasteiger partial charge in [-0.05, 0) is 26.0 Å². The summed E-state index contributed by atoms with van der Waals surface area (Å²) >= 11 is 0. The monoisotopic (exact) mass is 374 g/mol. The van der Waals surface area contributed by atoms with E-state index in [9.17, 15) is 22.8 Å². The molecule has 0 aliphatic carbocycles. The zero-order valence-corrected chi connectivity index (χ0v) is 14.9. The molecule has 1 unspecified atom stereocenters. The van der Waals surface area contributed by atoms with Crippen LogP contribution >= 0.6 is 0 Å². The number of hydrogen-bond acceptors (Lipinski definition) is 3. The van der Waals surface area contributed by atoms with Gasteiger partial charge in [0.05, 0.1) is 24.9 Å². The molecule has 0 radical (unpaired) electrons. The van der Waals surface area contributed by atoms with E-state index < -0.39 is 29.0 Å². The summed E-state index contributed by atoms with van der Waals surface area (Å²) < 4.78 is 45.2. The summed E-state index contributed by atoms with van der Waals surface area (Å²) in [4.78, 5) is 26.6. The summed E-state index contributed by atoms with van der Waals surface area (Å²) in [5.74, 6) is -5.15. The van der Waals surface area contributed by atoms with Gasteiger partial charge in [-0.15, -0.1) is 0 Å². The summed E-state index contributed by atoms with van der Waals surface area (Å²) in [5, 5.41) is 2.19. The number of hydrogen-bond donors (Lipinski definition) is 2. The van der Waals surface area contributed by atoms with E-state index in [-0.39, 0.29) is 31.2 Å². The Morgan fingerprint density at radius 3 is 2.38 bits per heavy atom. The van der Waals surface area contributed by atoms with Gasteiger partial charge in [-0.25, -0.2) is 13.2 Å². The molecule has 0 spiro atoms. The summed E-state index contributed by atoms with van der Waals surface area (Å²) in [6.45, 7) is 4.70. The molecule has 26 heavy (non-hydrogen) atoms. The lowest BCUT2D eigenvalue weighted by molar-refractivity contribution is -0.862. The standard InChI is InChI=1S/C17H22F3N3O3/c1-10-6-23(7-11(2)26-10)15(25)9-22(3)8-14(24)21-13-5-4-12(18)16(19)17(13)20/h4-5,10-11H,6-9H2,1-3H3,(H,21,24)/p+1/t10-,11+. The number of carbonyl (C=O) groups excluding carboxylic acids is 2. The van der Waals surface area contributed by atoms with Crippen LogP contribution in [0.25, 0.3) is 0 Å². The Labute approximate surface area is 149 Å². The number of rotatable bonds is 5. The molecule has 6 nitrogen and oxygen atoms in total. The smallest absolute Gasteiger partial charge is 0.279 e. The number of ether oxygens (including phenoxy) is 1. The van der Waals surface area contributed by atoms with Crippen molar-refractivity contribution in [1.29, 1.82) is 0 Å². The Morgan fingerprint density at radius 1 is 1.15 bits per heavy atom. The van der Waals surface area contributed by atoms with Gasteiger partial charge in [-0.3, -0.25) is 9.59 Å². The van der Waals surface area contributed by atoms with Crippen LogP contribution in [0.1, 0.15) is 13.8 Å². The molecule has 1 aromatic carbocycles. The van der Waals surface area contributed by atoms with Crippen molar-refractivity contribution in [3.63, 3.8) is 0 Å². The maximum absolute atomic E-state index is 13.6. The highest BCUT2D eigenvalue weighted by atomic mass is 19.2. The molecule has 0 aromatic heterocycles. The minimum atomic E-state index is -1.64. The summed E-state index contributed by atoms with van der Waals surface area (Å²) in [6.07, 6.45) is -0.106. The van der Waals surface area contributed by atoms with Crippen molar-refractivity contribution in [3.8, 4) is 0 Å². The molecule has 1 fully saturated rings. The molecule has 1 saturated heterocycles. The Morgan fingerprint density at radius 2 is 1.77 bits per heavy atom. The van der Waals surface area contributed by atoms with Crippen molar-refractivity contribution in [2.75, 3.05) is 38.5 Å². The van der Waals surface area contributed by atoms with Gasteiger partial charge in [0.1, 0.15) is 0 Å². The van der Waals surface area contributed by atoms with E-state index >= 15 is 0 Å². The number of anilines is 1. The molecule has 1 heterocycles. The first-order chi connectivity index (χ1) is 12.2. The van der Waals surface area contributed by atoms with E-state index in [1.54, 1.807) is 11.9 Å². The number of nitrogens with one attached hydrogen (secondary N) is 2. The van der Waals surface area contributed by atoms with Gasteiger partial charge < -0.3 is 19.9 Å². The van der Waals surface area contributed by atoms with Gasteiger partial charge in [0.25, 0.3) is 11.8 Å². The van der Waals surface area contributed by atoms with Gasteiger partial charge in [0, 0.05) is 13.1 Å². The van der Waals surface area contributed by atoms with E-state index in [0.29, 0.717) is 18.0 Å². The fourth-order valence-electron chi connectivity index (χ4n) is 2.90. The van der Waals surface area contributed by atoms with Gasteiger partial charge in [-0.1, -0.05) is 0 Å². The second-order valence-corrected chi connectivity index (χ2v) is 6.64. The zero-order valence-electron chi connectivity index (χ0n) is 14.9. The Bertz CT molecular complexity index is 677. The third kappa shape index (κ3) is 5.18. The Balaban J connectivity index is 1.87. The number of morpholine rings is 1. The van der Waals surface area contributed by atoms with E-state index in [4.69, 9.17) is 4.74 Å². The number of carbonyl (C=O) groups is 2. The first-order valence-electron chi connectivity index (χ1n) is 8.35.